The first-order chi connectivity index (χ1) is 8.83. The standard InChI is InChI=1S/C14H18BrN3/c1-2-11-6-8-17(10-11)14-12(9-15)18-7-4-3-5-13(18)16-14/h3-5,7,11H,2,6,8-10H2,1H3. The minimum Gasteiger partial charge on any atom is -0.355 e. The van der Waals surface area contributed by atoms with Crippen molar-refractivity contribution in [2.45, 2.75) is 25.1 Å². The number of halogens is 1. The van der Waals surface area contributed by atoms with Crippen LogP contribution in [0.2, 0.25) is 0 Å². The van der Waals surface area contributed by atoms with Crippen LogP contribution in [0.1, 0.15) is 25.5 Å². The van der Waals surface area contributed by atoms with Gasteiger partial charge < -0.3 is 9.30 Å². The van der Waals surface area contributed by atoms with Gasteiger partial charge in [-0.2, -0.15) is 0 Å². The van der Waals surface area contributed by atoms with E-state index in [1.165, 1.54) is 18.5 Å². The van der Waals surface area contributed by atoms with Gasteiger partial charge in [0.1, 0.15) is 5.65 Å². The van der Waals surface area contributed by atoms with Crippen molar-refractivity contribution in [2.24, 2.45) is 5.92 Å². The summed E-state index contributed by atoms with van der Waals surface area (Å²) in [7, 11) is 0. The summed E-state index contributed by atoms with van der Waals surface area (Å²) in [6.45, 7) is 4.58. The fourth-order valence-electron chi connectivity index (χ4n) is 2.77. The first-order valence-electron chi connectivity index (χ1n) is 6.60. The molecule has 0 bridgehead atoms. The molecule has 1 aliphatic heterocycles. The molecule has 0 aromatic carbocycles. The maximum Gasteiger partial charge on any atom is 0.152 e. The number of aromatic nitrogens is 2. The van der Waals surface area contributed by atoms with Crippen LogP contribution in [0, 0.1) is 5.92 Å². The van der Waals surface area contributed by atoms with Gasteiger partial charge >= 0.3 is 0 Å². The summed E-state index contributed by atoms with van der Waals surface area (Å²) in [5, 5.41) is 0.848. The Kier molecular flexibility index (Phi) is 3.29. The highest BCUT2D eigenvalue weighted by molar-refractivity contribution is 9.08. The Bertz CT molecular complexity index is 549. The minimum absolute atomic E-state index is 0.831. The van der Waals surface area contributed by atoms with E-state index in [9.17, 15) is 0 Å². The Hall–Kier alpha value is -1.03. The molecular formula is C14H18BrN3. The number of rotatable bonds is 3. The third kappa shape index (κ3) is 1.92. The zero-order valence-corrected chi connectivity index (χ0v) is 12.2. The van der Waals surface area contributed by atoms with Gasteiger partial charge in [0.05, 0.1) is 5.69 Å². The van der Waals surface area contributed by atoms with Gasteiger partial charge in [-0.05, 0) is 24.5 Å². The van der Waals surface area contributed by atoms with Crippen LogP contribution < -0.4 is 4.90 Å². The highest BCUT2D eigenvalue weighted by Crippen LogP contribution is 2.29. The van der Waals surface area contributed by atoms with E-state index < -0.39 is 0 Å². The van der Waals surface area contributed by atoms with E-state index in [-0.39, 0.29) is 0 Å². The van der Waals surface area contributed by atoms with E-state index in [4.69, 9.17) is 4.98 Å². The number of hydrogen-bond donors (Lipinski definition) is 0. The summed E-state index contributed by atoms with van der Waals surface area (Å²) >= 11 is 3.60. The number of alkyl halides is 1. The van der Waals surface area contributed by atoms with Crippen molar-refractivity contribution in [3.63, 3.8) is 0 Å². The number of pyridine rings is 1. The monoisotopic (exact) mass is 307 g/mol. The minimum atomic E-state index is 0.831. The molecular weight excluding hydrogens is 290 g/mol. The number of anilines is 1. The zero-order chi connectivity index (χ0) is 12.5. The Morgan fingerprint density at radius 2 is 2.33 bits per heavy atom. The quantitative estimate of drug-likeness (QED) is 0.809. The maximum absolute atomic E-state index is 4.79. The Labute approximate surface area is 116 Å². The van der Waals surface area contributed by atoms with Crippen LogP contribution in [-0.2, 0) is 5.33 Å². The number of hydrogen-bond acceptors (Lipinski definition) is 2. The van der Waals surface area contributed by atoms with Crippen LogP contribution >= 0.6 is 15.9 Å². The second-order valence-electron chi connectivity index (χ2n) is 4.95. The van der Waals surface area contributed by atoms with Crippen molar-refractivity contribution in [3.05, 3.63) is 30.1 Å². The topological polar surface area (TPSA) is 20.5 Å². The second-order valence-corrected chi connectivity index (χ2v) is 5.51. The lowest BCUT2D eigenvalue weighted by Gasteiger charge is -2.16. The summed E-state index contributed by atoms with van der Waals surface area (Å²) in [5.74, 6) is 1.99. The van der Waals surface area contributed by atoms with Crippen LogP contribution in [0.5, 0.6) is 0 Å². The van der Waals surface area contributed by atoms with Crippen molar-refractivity contribution in [3.8, 4) is 0 Å². The van der Waals surface area contributed by atoms with Crippen molar-refractivity contribution >= 4 is 27.4 Å². The van der Waals surface area contributed by atoms with Gasteiger partial charge in [-0.15, -0.1) is 0 Å². The fourth-order valence-corrected chi connectivity index (χ4v) is 3.29. The molecule has 0 spiro atoms. The molecule has 0 N–H and O–H groups in total. The summed E-state index contributed by atoms with van der Waals surface area (Å²) in [4.78, 5) is 7.24. The van der Waals surface area contributed by atoms with Gasteiger partial charge in [-0.1, -0.05) is 35.3 Å². The third-order valence-electron chi connectivity index (χ3n) is 3.90. The molecule has 2 aromatic heterocycles. The molecule has 3 rings (SSSR count). The first-order valence-corrected chi connectivity index (χ1v) is 7.72. The molecule has 0 amide bonds. The van der Waals surface area contributed by atoms with Crippen LogP contribution in [-0.4, -0.2) is 22.5 Å². The first kappa shape index (κ1) is 12.0. The Balaban J connectivity index is 2.01. The van der Waals surface area contributed by atoms with Crippen molar-refractivity contribution in [1.82, 2.24) is 9.38 Å². The summed E-state index contributed by atoms with van der Waals surface area (Å²) < 4.78 is 2.18. The van der Waals surface area contributed by atoms with Crippen molar-refractivity contribution in [2.75, 3.05) is 18.0 Å². The molecule has 4 heteroatoms. The summed E-state index contributed by atoms with van der Waals surface area (Å²) in [6, 6.07) is 6.18. The van der Waals surface area contributed by atoms with Crippen LogP contribution in [0.15, 0.2) is 24.4 Å². The smallest absolute Gasteiger partial charge is 0.152 e. The van der Waals surface area contributed by atoms with Gasteiger partial charge in [0.25, 0.3) is 0 Å². The fraction of sp³-hybridized carbons (Fsp3) is 0.500. The van der Waals surface area contributed by atoms with Crippen molar-refractivity contribution in [1.29, 1.82) is 0 Å². The Morgan fingerprint density at radius 3 is 3.06 bits per heavy atom. The van der Waals surface area contributed by atoms with Crippen molar-refractivity contribution < 1.29 is 0 Å². The average molecular weight is 308 g/mol. The molecule has 0 radical (unpaired) electrons. The maximum atomic E-state index is 4.79. The number of imidazole rings is 1. The lowest BCUT2D eigenvalue weighted by molar-refractivity contribution is 0.568. The molecule has 3 nitrogen and oxygen atoms in total. The van der Waals surface area contributed by atoms with Gasteiger partial charge in [0.2, 0.25) is 0 Å². The lowest BCUT2D eigenvalue weighted by Crippen LogP contribution is -2.21. The SMILES string of the molecule is CCC1CCN(c2nc3ccccn3c2CBr)C1. The molecule has 18 heavy (non-hydrogen) atoms. The predicted molar refractivity (Wildman–Crippen MR) is 78.4 cm³/mol. The van der Waals surface area contributed by atoms with E-state index in [0.717, 1.165) is 35.8 Å². The van der Waals surface area contributed by atoms with Crippen LogP contribution in [0.3, 0.4) is 0 Å². The van der Waals surface area contributed by atoms with E-state index in [2.05, 4.69) is 50.5 Å². The molecule has 1 atom stereocenters. The largest absolute Gasteiger partial charge is 0.355 e. The highest BCUT2D eigenvalue weighted by Gasteiger charge is 2.25. The summed E-state index contributed by atoms with van der Waals surface area (Å²) in [6.07, 6.45) is 4.66. The molecule has 3 heterocycles. The van der Waals surface area contributed by atoms with Gasteiger partial charge in [-0.25, -0.2) is 4.98 Å². The Morgan fingerprint density at radius 1 is 1.44 bits per heavy atom. The second kappa shape index (κ2) is 4.92. The lowest BCUT2D eigenvalue weighted by atomic mass is 10.1. The molecule has 0 saturated carbocycles. The zero-order valence-electron chi connectivity index (χ0n) is 10.6. The molecule has 1 saturated heterocycles. The van der Waals surface area contributed by atoms with Gasteiger partial charge in [0.15, 0.2) is 5.82 Å². The average Bonchev–Trinajstić information content (AvgIpc) is 3.02. The predicted octanol–water partition coefficient (Wildman–Crippen LogP) is 3.47. The molecule has 1 unspecified atom stereocenters. The number of fused-ring (bicyclic) bond motifs is 1. The number of nitrogens with zero attached hydrogens (tertiary/aromatic N) is 3. The van der Waals surface area contributed by atoms with Gasteiger partial charge in [0, 0.05) is 24.6 Å². The third-order valence-corrected chi connectivity index (χ3v) is 4.43. The van der Waals surface area contributed by atoms with Gasteiger partial charge in [-0.3, -0.25) is 0 Å². The van der Waals surface area contributed by atoms with E-state index in [1.807, 2.05) is 6.07 Å². The van der Waals surface area contributed by atoms with E-state index in [0.29, 0.717) is 0 Å². The van der Waals surface area contributed by atoms with Crippen LogP contribution in [0.25, 0.3) is 5.65 Å². The van der Waals surface area contributed by atoms with E-state index >= 15 is 0 Å². The normalized spacial score (nSPS) is 19.9. The molecule has 2 aromatic rings. The summed E-state index contributed by atoms with van der Waals surface area (Å²) in [5.41, 5.74) is 2.31. The highest BCUT2D eigenvalue weighted by atomic mass is 79.9. The molecule has 0 aliphatic carbocycles. The molecule has 1 fully saturated rings. The molecule has 1 aliphatic rings. The van der Waals surface area contributed by atoms with E-state index in [1.54, 1.807) is 0 Å². The molecule has 96 valence electrons. The van der Waals surface area contributed by atoms with Crippen LogP contribution in [0.4, 0.5) is 5.82 Å².